The maximum atomic E-state index is 12.5. The number of likely N-dealkylation sites (tertiary alicyclic amines) is 1. The minimum atomic E-state index is 0.0344. The zero-order valence-corrected chi connectivity index (χ0v) is 15.6. The van der Waals surface area contributed by atoms with Crippen LogP contribution in [-0.2, 0) is 24.4 Å². The first-order valence-corrected chi connectivity index (χ1v) is 9.40. The van der Waals surface area contributed by atoms with Crippen LogP contribution in [0.3, 0.4) is 0 Å². The van der Waals surface area contributed by atoms with Crippen LogP contribution in [0, 0.1) is 5.41 Å². The first-order chi connectivity index (χ1) is 13.0. The van der Waals surface area contributed by atoms with E-state index in [1.807, 2.05) is 35.2 Å². The van der Waals surface area contributed by atoms with Crippen molar-refractivity contribution in [2.45, 2.75) is 39.3 Å². The number of hydrogen-bond donors (Lipinski definition) is 1. The number of ether oxygens (including phenoxy) is 2. The Labute approximate surface area is 159 Å². The summed E-state index contributed by atoms with van der Waals surface area (Å²) in [7, 11) is 0. The van der Waals surface area contributed by atoms with Crippen molar-refractivity contribution in [3.05, 3.63) is 59.2 Å². The quantitative estimate of drug-likeness (QED) is 0.881. The van der Waals surface area contributed by atoms with Crippen molar-refractivity contribution in [2.75, 3.05) is 13.3 Å². The minimum Gasteiger partial charge on any atom is -0.454 e. The lowest BCUT2D eigenvalue weighted by Gasteiger charge is -2.40. The summed E-state index contributed by atoms with van der Waals surface area (Å²) in [5.74, 6) is 1.82. The molecular weight excluding hydrogens is 342 g/mol. The van der Waals surface area contributed by atoms with Gasteiger partial charge in [-0.25, -0.2) is 0 Å². The van der Waals surface area contributed by atoms with Gasteiger partial charge in [0.1, 0.15) is 0 Å². The Hall–Kier alpha value is -2.53. The maximum absolute atomic E-state index is 12.5. The Morgan fingerprint density at radius 3 is 2.52 bits per heavy atom. The van der Waals surface area contributed by atoms with Gasteiger partial charge in [-0.2, -0.15) is 0 Å². The van der Waals surface area contributed by atoms with Crippen molar-refractivity contribution in [1.29, 1.82) is 0 Å². The summed E-state index contributed by atoms with van der Waals surface area (Å²) in [4.78, 5) is 14.4. The van der Waals surface area contributed by atoms with Gasteiger partial charge in [0.15, 0.2) is 11.5 Å². The van der Waals surface area contributed by atoms with Gasteiger partial charge in [-0.15, -0.1) is 0 Å². The smallest absolute Gasteiger partial charge is 0.231 e. The number of rotatable bonds is 5. The molecule has 4 rings (SSSR count). The van der Waals surface area contributed by atoms with E-state index in [-0.39, 0.29) is 24.7 Å². The lowest BCUT2D eigenvalue weighted by Crippen LogP contribution is -2.45. The van der Waals surface area contributed by atoms with Crippen molar-refractivity contribution in [3.63, 3.8) is 0 Å². The fraction of sp³-hybridized carbons (Fsp3) is 0.409. The summed E-state index contributed by atoms with van der Waals surface area (Å²) < 4.78 is 10.9. The van der Waals surface area contributed by atoms with E-state index >= 15 is 0 Å². The summed E-state index contributed by atoms with van der Waals surface area (Å²) in [6.45, 7) is 3.93. The van der Waals surface area contributed by atoms with Crippen molar-refractivity contribution in [1.82, 2.24) is 4.90 Å². The Morgan fingerprint density at radius 1 is 1.04 bits per heavy atom. The van der Waals surface area contributed by atoms with Crippen molar-refractivity contribution >= 4 is 5.91 Å². The molecule has 0 bridgehead atoms. The highest BCUT2D eigenvalue weighted by molar-refractivity contribution is 5.77. The average molecular weight is 367 g/mol. The predicted molar refractivity (Wildman–Crippen MR) is 101 cm³/mol. The van der Waals surface area contributed by atoms with E-state index in [9.17, 15) is 9.90 Å². The third-order valence-electron chi connectivity index (χ3n) is 5.51. The number of carbonyl (C=O) groups excluding carboxylic acids is 1. The summed E-state index contributed by atoms with van der Waals surface area (Å²) in [6.07, 6.45) is 2.37. The van der Waals surface area contributed by atoms with Crippen LogP contribution in [0.25, 0.3) is 0 Å². The minimum absolute atomic E-state index is 0.0344. The van der Waals surface area contributed by atoms with Gasteiger partial charge in [-0.3, -0.25) is 4.79 Å². The second-order valence-electron chi connectivity index (χ2n) is 7.90. The Balaban J connectivity index is 1.46. The highest BCUT2D eigenvalue weighted by Gasteiger charge is 2.35. The molecule has 5 heteroatoms. The van der Waals surface area contributed by atoms with E-state index < -0.39 is 0 Å². The molecule has 0 aliphatic carbocycles. The average Bonchev–Trinajstić information content (AvgIpc) is 3.13. The molecule has 2 heterocycles. The maximum Gasteiger partial charge on any atom is 0.231 e. The van der Waals surface area contributed by atoms with E-state index in [0.29, 0.717) is 13.0 Å². The second-order valence-corrected chi connectivity index (χ2v) is 7.90. The summed E-state index contributed by atoms with van der Waals surface area (Å²) in [6, 6.07) is 13.9. The number of hydrogen-bond acceptors (Lipinski definition) is 4. The molecule has 27 heavy (non-hydrogen) atoms. The first kappa shape index (κ1) is 17.9. The number of aliphatic hydroxyl groups excluding tert-OH is 1. The zero-order chi connectivity index (χ0) is 18.9. The topological polar surface area (TPSA) is 59.0 Å². The predicted octanol–water partition coefficient (Wildman–Crippen LogP) is 3.28. The van der Waals surface area contributed by atoms with E-state index in [2.05, 4.69) is 19.1 Å². The Bertz CT molecular complexity index is 833. The molecule has 0 unspecified atom stereocenters. The molecule has 0 saturated carbocycles. The van der Waals surface area contributed by atoms with Gasteiger partial charge in [0.25, 0.3) is 0 Å². The number of fused-ring (bicyclic) bond motifs is 1. The third-order valence-corrected chi connectivity index (χ3v) is 5.51. The third kappa shape index (κ3) is 3.93. The molecule has 2 aliphatic rings. The number of amides is 1. The van der Waals surface area contributed by atoms with Gasteiger partial charge in [-0.05, 0) is 47.1 Å². The normalized spacial score (nSPS) is 21.6. The molecule has 1 N–H and O–H groups in total. The fourth-order valence-electron chi connectivity index (χ4n) is 4.00. The van der Waals surface area contributed by atoms with Crippen LogP contribution in [-0.4, -0.2) is 29.3 Å². The number of carbonyl (C=O) groups is 1. The zero-order valence-electron chi connectivity index (χ0n) is 15.6. The van der Waals surface area contributed by atoms with E-state index in [0.717, 1.165) is 42.0 Å². The van der Waals surface area contributed by atoms with Gasteiger partial charge < -0.3 is 19.5 Å². The Morgan fingerprint density at radius 2 is 1.74 bits per heavy atom. The molecule has 5 nitrogen and oxygen atoms in total. The molecule has 0 radical (unpaired) electrons. The lowest BCUT2D eigenvalue weighted by atomic mass is 9.76. The molecule has 1 atom stereocenters. The van der Waals surface area contributed by atoms with Gasteiger partial charge in [0.05, 0.1) is 6.61 Å². The highest BCUT2D eigenvalue weighted by Crippen LogP contribution is 2.38. The molecule has 1 fully saturated rings. The number of benzene rings is 2. The molecule has 0 aromatic heterocycles. The second kappa shape index (κ2) is 7.24. The van der Waals surface area contributed by atoms with Crippen LogP contribution < -0.4 is 9.47 Å². The van der Waals surface area contributed by atoms with Crippen molar-refractivity contribution in [2.24, 2.45) is 5.41 Å². The molecule has 2 aromatic rings. The molecule has 2 aliphatic heterocycles. The van der Waals surface area contributed by atoms with Crippen LogP contribution in [0.5, 0.6) is 11.5 Å². The van der Waals surface area contributed by atoms with Crippen LogP contribution in [0.4, 0.5) is 0 Å². The first-order valence-electron chi connectivity index (χ1n) is 9.40. The lowest BCUT2D eigenvalue weighted by molar-refractivity contribution is -0.137. The van der Waals surface area contributed by atoms with Crippen LogP contribution in [0.2, 0.25) is 0 Å². The van der Waals surface area contributed by atoms with Gasteiger partial charge in [0, 0.05) is 19.5 Å². The van der Waals surface area contributed by atoms with Crippen LogP contribution in [0.1, 0.15) is 36.5 Å². The highest BCUT2D eigenvalue weighted by atomic mass is 16.7. The standard InChI is InChI=1S/C22H25NO4/c1-22(11-18-6-7-19-20(10-18)27-15-26-19)9-8-21(25)23(14-22)12-16-2-4-17(13-24)5-3-16/h2-7,10,24H,8-9,11-15H2,1H3/t22-/m1/s1. The molecule has 1 amide bonds. The number of nitrogens with zero attached hydrogens (tertiary/aromatic N) is 1. The summed E-state index contributed by atoms with van der Waals surface area (Å²) in [5, 5.41) is 9.18. The molecule has 142 valence electrons. The van der Waals surface area contributed by atoms with Gasteiger partial charge >= 0.3 is 0 Å². The molecule has 0 spiro atoms. The van der Waals surface area contributed by atoms with E-state index in [1.165, 1.54) is 5.56 Å². The SMILES string of the molecule is C[C@]1(Cc2ccc3c(c2)OCO3)CCC(=O)N(Cc2ccc(CO)cc2)C1. The molecule has 1 saturated heterocycles. The van der Waals surface area contributed by atoms with Crippen LogP contribution >= 0.6 is 0 Å². The van der Waals surface area contributed by atoms with Crippen LogP contribution in [0.15, 0.2) is 42.5 Å². The van der Waals surface area contributed by atoms with Gasteiger partial charge in [-0.1, -0.05) is 37.3 Å². The van der Waals surface area contributed by atoms with Crippen molar-refractivity contribution in [3.8, 4) is 11.5 Å². The van der Waals surface area contributed by atoms with E-state index in [1.54, 1.807) is 0 Å². The van der Waals surface area contributed by atoms with E-state index in [4.69, 9.17) is 9.47 Å². The van der Waals surface area contributed by atoms with Gasteiger partial charge in [0.2, 0.25) is 12.7 Å². The Kier molecular flexibility index (Phi) is 4.79. The largest absolute Gasteiger partial charge is 0.454 e. The summed E-state index contributed by atoms with van der Waals surface area (Å²) >= 11 is 0. The monoisotopic (exact) mass is 367 g/mol. The molecule has 2 aromatic carbocycles. The fourth-order valence-corrected chi connectivity index (χ4v) is 4.00. The summed E-state index contributed by atoms with van der Waals surface area (Å²) in [5.41, 5.74) is 3.22. The number of piperidine rings is 1. The molecular formula is C22H25NO4. The number of aliphatic hydroxyl groups is 1. The van der Waals surface area contributed by atoms with Crippen molar-refractivity contribution < 1.29 is 19.4 Å².